The van der Waals surface area contributed by atoms with Crippen LogP contribution in [0.1, 0.15) is 27.0 Å². The molecule has 0 unspecified atom stereocenters. The number of carbonyl (C=O) groups excluding carboxylic acids is 1. The first-order chi connectivity index (χ1) is 11.5. The number of carbonyl (C=O) groups is 1. The van der Waals surface area contributed by atoms with E-state index in [1.54, 1.807) is 12.1 Å². The molecule has 0 spiro atoms. The fourth-order valence-electron chi connectivity index (χ4n) is 3.61. The summed E-state index contributed by atoms with van der Waals surface area (Å²) < 4.78 is 0. The zero-order valence-corrected chi connectivity index (χ0v) is 15.2. The quantitative estimate of drug-likeness (QED) is 0.815. The molecule has 2 aromatic rings. The summed E-state index contributed by atoms with van der Waals surface area (Å²) in [6, 6.07) is 11.6. The van der Waals surface area contributed by atoms with Gasteiger partial charge in [0.05, 0.1) is 0 Å². The fraction of sp³-hybridized carbons (Fsp3) is 0.350. The van der Waals surface area contributed by atoms with Crippen LogP contribution in [0.5, 0.6) is 0 Å². The molecule has 1 heterocycles. The Bertz CT molecular complexity index is 741. The normalized spacial score (nSPS) is 14.8. The number of rotatable bonds is 2. The van der Waals surface area contributed by atoms with Crippen LogP contribution >= 0.6 is 11.6 Å². The molecule has 0 N–H and O–H groups in total. The SMILES string of the molecule is Cc1cc(C)c(N2CCN(C(=O)c3cccc(Cl)c3)CC2)c(C)c1. The molecule has 2 aromatic carbocycles. The lowest BCUT2D eigenvalue weighted by molar-refractivity contribution is 0.0747. The van der Waals surface area contributed by atoms with Crippen LogP contribution in [0.4, 0.5) is 5.69 Å². The summed E-state index contributed by atoms with van der Waals surface area (Å²) in [6.45, 7) is 9.65. The largest absolute Gasteiger partial charge is 0.368 e. The third-order valence-electron chi connectivity index (χ3n) is 4.59. The molecule has 1 amide bonds. The second-order valence-electron chi connectivity index (χ2n) is 6.54. The first kappa shape index (κ1) is 16.8. The van der Waals surface area contributed by atoms with Gasteiger partial charge in [0.2, 0.25) is 0 Å². The van der Waals surface area contributed by atoms with Gasteiger partial charge in [0.1, 0.15) is 0 Å². The van der Waals surface area contributed by atoms with Crippen molar-refractivity contribution in [2.75, 3.05) is 31.1 Å². The number of nitrogens with zero attached hydrogens (tertiary/aromatic N) is 2. The van der Waals surface area contributed by atoms with Gasteiger partial charge in [-0.25, -0.2) is 0 Å². The van der Waals surface area contributed by atoms with Crippen molar-refractivity contribution in [3.8, 4) is 0 Å². The number of hydrogen-bond acceptors (Lipinski definition) is 2. The number of aryl methyl sites for hydroxylation is 3. The lowest BCUT2D eigenvalue weighted by Crippen LogP contribution is -2.49. The molecule has 0 bridgehead atoms. The van der Waals surface area contributed by atoms with Gasteiger partial charge in [0, 0.05) is 42.5 Å². The first-order valence-electron chi connectivity index (χ1n) is 8.33. The van der Waals surface area contributed by atoms with Crippen molar-refractivity contribution < 1.29 is 4.79 Å². The van der Waals surface area contributed by atoms with Crippen molar-refractivity contribution in [1.82, 2.24) is 4.90 Å². The molecule has 126 valence electrons. The monoisotopic (exact) mass is 342 g/mol. The van der Waals surface area contributed by atoms with Crippen LogP contribution in [0, 0.1) is 20.8 Å². The minimum Gasteiger partial charge on any atom is -0.368 e. The summed E-state index contributed by atoms with van der Waals surface area (Å²) >= 11 is 6.00. The van der Waals surface area contributed by atoms with Crippen molar-refractivity contribution in [3.63, 3.8) is 0 Å². The summed E-state index contributed by atoms with van der Waals surface area (Å²) in [5.74, 6) is 0.0644. The van der Waals surface area contributed by atoms with Gasteiger partial charge in [-0.3, -0.25) is 4.79 Å². The van der Waals surface area contributed by atoms with E-state index in [-0.39, 0.29) is 5.91 Å². The van der Waals surface area contributed by atoms with Crippen molar-refractivity contribution in [1.29, 1.82) is 0 Å². The summed E-state index contributed by atoms with van der Waals surface area (Å²) in [7, 11) is 0. The Balaban J connectivity index is 1.71. The molecule has 1 saturated heterocycles. The van der Waals surface area contributed by atoms with Crippen LogP contribution in [0.15, 0.2) is 36.4 Å². The standard InChI is InChI=1S/C20H23ClN2O/c1-14-11-15(2)19(16(3)12-14)22-7-9-23(10-8-22)20(24)17-5-4-6-18(21)13-17/h4-6,11-13H,7-10H2,1-3H3. The fourth-order valence-corrected chi connectivity index (χ4v) is 3.80. The third-order valence-corrected chi connectivity index (χ3v) is 4.83. The molecule has 0 aromatic heterocycles. The number of benzene rings is 2. The van der Waals surface area contributed by atoms with Gasteiger partial charge in [-0.2, -0.15) is 0 Å². The Morgan fingerprint density at radius 1 is 0.958 bits per heavy atom. The number of halogens is 1. The molecule has 0 saturated carbocycles. The molecule has 3 rings (SSSR count). The van der Waals surface area contributed by atoms with Gasteiger partial charge in [-0.05, 0) is 50.1 Å². The smallest absolute Gasteiger partial charge is 0.254 e. The molecule has 0 radical (unpaired) electrons. The van der Waals surface area contributed by atoms with Crippen LogP contribution in [-0.4, -0.2) is 37.0 Å². The highest BCUT2D eigenvalue weighted by Crippen LogP contribution is 2.27. The first-order valence-corrected chi connectivity index (χ1v) is 8.71. The van der Waals surface area contributed by atoms with Gasteiger partial charge in [-0.1, -0.05) is 35.4 Å². The van der Waals surface area contributed by atoms with Gasteiger partial charge in [0.15, 0.2) is 0 Å². The van der Waals surface area contributed by atoms with Crippen LogP contribution in [0.25, 0.3) is 0 Å². The zero-order valence-electron chi connectivity index (χ0n) is 14.5. The Morgan fingerprint density at radius 3 is 2.17 bits per heavy atom. The highest BCUT2D eigenvalue weighted by atomic mass is 35.5. The molecule has 0 atom stereocenters. The second-order valence-corrected chi connectivity index (χ2v) is 6.97. The highest BCUT2D eigenvalue weighted by molar-refractivity contribution is 6.30. The molecule has 24 heavy (non-hydrogen) atoms. The molecule has 4 heteroatoms. The third kappa shape index (κ3) is 3.41. The van der Waals surface area contributed by atoms with Crippen molar-refractivity contribution >= 4 is 23.2 Å². The van der Waals surface area contributed by atoms with Gasteiger partial charge in [0.25, 0.3) is 5.91 Å². The summed E-state index contributed by atoms with van der Waals surface area (Å²) in [5, 5.41) is 0.602. The summed E-state index contributed by atoms with van der Waals surface area (Å²) in [4.78, 5) is 16.9. The lowest BCUT2D eigenvalue weighted by Gasteiger charge is -2.37. The molecule has 3 nitrogen and oxygen atoms in total. The van der Waals surface area contributed by atoms with Gasteiger partial charge >= 0.3 is 0 Å². The minimum absolute atomic E-state index is 0.0644. The van der Waals surface area contributed by atoms with Crippen molar-refractivity contribution in [2.24, 2.45) is 0 Å². The molecular formula is C20H23ClN2O. The average molecular weight is 343 g/mol. The van der Waals surface area contributed by atoms with E-state index in [1.807, 2.05) is 17.0 Å². The van der Waals surface area contributed by atoms with E-state index in [9.17, 15) is 4.79 Å². The predicted octanol–water partition coefficient (Wildman–Crippen LogP) is 4.23. The molecule has 1 fully saturated rings. The highest BCUT2D eigenvalue weighted by Gasteiger charge is 2.24. The second kappa shape index (κ2) is 6.86. The maximum absolute atomic E-state index is 12.6. The Kier molecular flexibility index (Phi) is 4.81. The van der Waals surface area contributed by atoms with Crippen molar-refractivity contribution in [2.45, 2.75) is 20.8 Å². The average Bonchev–Trinajstić information content (AvgIpc) is 2.54. The zero-order chi connectivity index (χ0) is 17.3. The predicted molar refractivity (Wildman–Crippen MR) is 100 cm³/mol. The minimum atomic E-state index is 0.0644. The topological polar surface area (TPSA) is 23.6 Å². The van der Waals surface area contributed by atoms with E-state index in [4.69, 9.17) is 11.6 Å². The molecular weight excluding hydrogens is 320 g/mol. The van der Waals surface area contributed by atoms with Gasteiger partial charge in [-0.15, -0.1) is 0 Å². The Morgan fingerprint density at radius 2 is 1.58 bits per heavy atom. The van der Waals surface area contributed by atoms with E-state index < -0.39 is 0 Å². The van der Waals surface area contributed by atoms with Crippen LogP contribution in [0.2, 0.25) is 5.02 Å². The maximum Gasteiger partial charge on any atom is 0.254 e. The number of amides is 1. The molecule has 1 aliphatic heterocycles. The summed E-state index contributed by atoms with van der Waals surface area (Å²) in [6.07, 6.45) is 0. The van der Waals surface area contributed by atoms with E-state index in [0.29, 0.717) is 10.6 Å². The van der Waals surface area contributed by atoms with E-state index in [2.05, 4.69) is 37.8 Å². The van der Waals surface area contributed by atoms with E-state index in [0.717, 1.165) is 26.2 Å². The van der Waals surface area contributed by atoms with Crippen LogP contribution in [0.3, 0.4) is 0 Å². The van der Waals surface area contributed by atoms with Gasteiger partial charge < -0.3 is 9.80 Å². The van der Waals surface area contributed by atoms with Crippen LogP contribution in [-0.2, 0) is 0 Å². The van der Waals surface area contributed by atoms with E-state index in [1.165, 1.54) is 22.4 Å². The number of anilines is 1. The number of piperazine rings is 1. The summed E-state index contributed by atoms with van der Waals surface area (Å²) in [5.41, 5.74) is 5.89. The number of hydrogen-bond donors (Lipinski definition) is 0. The molecule has 1 aliphatic rings. The Labute approximate surface area is 148 Å². The maximum atomic E-state index is 12.6. The Hall–Kier alpha value is -2.00. The van der Waals surface area contributed by atoms with Crippen molar-refractivity contribution in [3.05, 3.63) is 63.7 Å². The lowest BCUT2D eigenvalue weighted by atomic mass is 10.0. The van der Waals surface area contributed by atoms with Crippen LogP contribution < -0.4 is 4.90 Å². The van der Waals surface area contributed by atoms with E-state index >= 15 is 0 Å². The molecule has 0 aliphatic carbocycles.